The third-order valence-corrected chi connectivity index (χ3v) is 6.12. The summed E-state index contributed by atoms with van der Waals surface area (Å²) >= 11 is 11.2. The molecular formula is C19H21ClFN3O4S2. The second-order valence-electron chi connectivity index (χ2n) is 6.90. The molecule has 7 nitrogen and oxygen atoms in total. The number of thiocarbonyl (C=S) groups is 1. The number of anilines is 1. The quantitative estimate of drug-likeness (QED) is 0.530. The lowest BCUT2D eigenvalue weighted by atomic mass is 9.80. The van der Waals surface area contributed by atoms with E-state index in [2.05, 4.69) is 10.6 Å². The number of benzene rings is 2. The Kier molecular flexibility index (Phi) is 7.40. The van der Waals surface area contributed by atoms with Gasteiger partial charge in [-0.25, -0.2) is 17.9 Å². The highest BCUT2D eigenvalue weighted by molar-refractivity contribution is 7.89. The molecule has 2 aromatic rings. The van der Waals surface area contributed by atoms with Crippen molar-refractivity contribution in [1.82, 2.24) is 5.32 Å². The van der Waals surface area contributed by atoms with E-state index in [1.54, 1.807) is 13.8 Å². The third kappa shape index (κ3) is 5.66. The van der Waals surface area contributed by atoms with Crippen LogP contribution in [-0.4, -0.2) is 33.0 Å². The molecule has 0 aliphatic rings. The van der Waals surface area contributed by atoms with Crippen molar-refractivity contribution in [3.05, 3.63) is 52.8 Å². The number of primary sulfonamides is 1. The molecule has 0 unspecified atom stereocenters. The van der Waals surface area contributed by atoms with E-state index in [1.807, 2.05) is 0 Å². The predicted molar refractivity (Wildman–Crippen MR) is 118 cm³/mol. The number of carbonyl (C=O) groups excluding carboxylic acids is 1. The van der Waals surface area contributed by atoms with E-state index in [0.717, 1.165) is 0 Å². The topological polar surface area (TPSA) is 111 Å². The lowest BCUT2D eigenvalue weighted by molar-refractivity contribution is -0.122. The Labute approximate surface area is 184 Å². The predicted octanol–water partition coefficient (Wildman–Crippen LogP) is 2.97. The molecule has 0 aliphatic heterocycles. The minimum Gasteiger partial charge on any atom is -0.494 e. The summed E-state index contributed by atoms with van der Waals surface area (Å²) in [7, 11) is -2.61. The summed E-state index contributed by atoms with van der Waals surface area (Å²) in [5.41, 5.74) is 0.0269. The van der Waals surface area contributed by atoms with Gasteiger partial charge in [0.1, 0.15) is 4.90 Å². The number of nitrogens with two attached hydrogens (primary N) is 1. The molecule has 0 saturated heterocycles. The maximum absolute atomic E-state index is 13.5. The number of Topliss-reactive ketones (excluding diaryl/α,β-unsaturated/α-hetero) is 1. The average molecular weight is 474 g/mol. The molecule has 2 rings (SSSR count). The molecule has 30 heavy (non-hydrogen) atoms. The lowest BCUT2D eigenvalue weighted by Gasteiger charge is -2.25. The largest absolute Gasteiger partial charge is 0.494 e. The molecule has 11 heteroatoms. The number of carbonyl (C=O) groups is 1. The number of hydrogen-bond acceptors (Lipinski definition) is 5. The van der Waals surface area contributed by atoms with Crippen molar-refractivity contribution in [2.24, 2.45) is 5.14 Å². The maximum atomic E-state index is 13.5. The van der Waals surface area contributed by atoms with Gasteiger partial charge in [-0.05, 0) is 55.9 Å². The monoisotopic (exact) mass is 473 g/mol. The highest BCUT2D eigenvalue weighted by Gasteiger charge is 2.30. The van der Waals surface area contributed by atoms with Gasteiger partial charge in [0.15, 0.2) is 22.5 Å². The van der Waals surface area contributed by atoms with E-state index >= 15 is 0 Å². The molecule has 0 radical (unpaired) electrons. The normalized spacial score (nSPS) is 11.7. The molecule has 0 heterocycles. The Morgan fingerprint density at radius 3 is 2.50 bits per heavy atom. The first kappa shape index (κ1) is 24.0. The van der Waals surface area contributed by atoms with Crippen LogP contribution in [0.15, 0.2) is 41.3 Å². The standard InChI is InChI=1S/C19H21ClFN3O4S2/c1-19(2,11-4-7-16(13(20)8-11)30(22,26)27)17(25)10-23-18(29)24-12-5-6-14(21)15(9-12)28-3/h4-9H,10H2,1-3H3,(H2,22,26,27)(H2,23,24,29). The SMILES string of the molecule is COc1cc(NC(=S)NCC(=O)C(C)(C)c2ccc(S(N)(=O)=O)c(Cl)c2)ccc1F. The minimum absolute atomic E-state index is 0.0554. The van der Waals surface area contributed by atoms with Gasteiger partial charge >= 0.3 is 0 Å². The van der Waals surface area contributed by atoms with Crippen LogP contribution in [0.25, 0.3) is 0 Å². The van der Waals surface area contributed by atoms with Crippen molar-refractivity contribution in [3.8, 4) is 5.75 Å². The van der Waals surface area contributed by atoms with Crippen molar-refractivity contribution >= 4 is 50.4 Å². The Bertz CT molecular complexity index is 1090. The number of halogens is 2. The number of hydrogen-bond donors (Lipinski definition) is 3. The van der Waals surface area contributed by atoms with Crippen molar-refractivity contribution in [1.29, 1.82) is 0 Å². The van der Waals surface area contributed by atoms with Gasteiger partial charge in [0, 0.05) is 11.8 Å². The van der Waals surface area contributed by atoms with Gasteiger partial charge in [0.25, 0.3) is 0 Å². The van der Waals surface area contributed by atoms with E-state index < -0.39 is 21.3 Å². The fraction of sp³-hybridized carbons (Fsp3) is 0.263. The van der Waals surface area contributed by atoms with Gasteiger partial charge in [0.05, 0.1) is 24.1 Å². The first-order valence-electron chi connectivity index (χ1n) is 8.60. The van der Waals surface area contributed by atoms with Gasteiger partial charge in [-0.3, -0.25) is 4.79 Å². The van der Waals surface area contributed by atoms with Crippen LogP contribution in [-0.2, 0) is 20.2 Å². The summed E-state index contributed by atoms with van der Waals surface area (Å²) in [6, 6.07) is 8.30. The first-order valence-corrected chi connectivity index (χ1v) is 10.9. The van der Waals surface area contributed by atoms with Crippen molar-refractivity contribution < 1.29 is 22.3 Å². The Balaban J connectivity index is 2.06. The van der Waals surface area contributed by atoms with E-state index in [0.29, 0.717) is 11.3 Å². The second kappa shape index (κ2) is 9.25. The van der Waals surface area contributed by atoms with Crippen molar-refractivity contribution in [2.75, 3.05) is 19.0 Å². The van der Waals surface area contributed by atoms with E-state index in [9.17, 15) is 17.6 Å². The summed E-state index contributed by atoms with van der Waals surface area (Å²) in [6.07, 6.45) is 0. The summed E-state index contributed by atoms with van der Waals surface area (Å²) < 4.78 is 41.4. The maximum Gasteiger partial charge on any atom is 0.239 e. The zero-order valence-corrected chi connectivity index (χ0v) is 18.8. The van der Waals surface area contributed by atoms with Gasteiger partial charge in [0.2, 0.25) is 10.0 Å². The van der Waals surface area contributed by atoms with Gasteiger partial charge in [-0.2, -0.15) is 0 Å². The highest BCUT2D eigenvalue weighted by atomic mass is 35.5. The number of sulfonamides is 1. The molecule has 162 valence electrons. The average Bonchev–Trinajstić information content (AvgIpc) is 2.66. The number of nitrogens with one attached hydrogen (secondary N) is 2. The van der Waals surface area contributed by atoms with Crippen LogP contribution in [0.5, 0.6) is 5.75 Å². The van der Waals surface area contributed by atoms with Crippen LogP contribution in [0.2, 0.25) is 5.02 Å². The highest BCUT2D eigenvalue weighted by Crippen LogP contribution is 2.30. The van der Waals surface area contributed by atoms with Gasteiger partial charge < -0.3 is 15.4 Å². The van der Waals surface area contributed by atoms with Crippen molar-refractivity contribution in [2.45, 2.75) is 24.2 Å². The number of rotatable bonds is 7. The van der Waals surface area contributed by atoms with Crippen LogP contribution >= 0.6 is 23.8 Å². The molecule has 0 saturated carbocycles. The second-order valence-corrected chi connectivity index (χ2v) is 9.24. The molecule has 0 bridgehead atoms. The van der Waals surface area contributed by atoms with Crippen LogP contribution in [0, 0.1) is 5.82 Å². The van der Waals surface area contributed by atoms with Crippen LogP contribution in [0.4, 0.5) is 10.1 Å². The zero-order valence-electron chi connectivity index (χ0n) is 16.5. The zero-order chi connectivity index (χ0) is 22.7. The van der Waals surface area contributed by atoms with E-state index in [1.165, 1.54) is 43.5 Å². The van der Waals surface area contributed by atoms with Gasteiger partial charge in [-0.1, -0.05) is 17.7 Å². The molecule has 4 N–H and O–H groups in total. The fourth-order valence-electron chi connectivity index (χ4n) is 2.58. The lowest BCUT2D eigenvalue weighted by Crippen LogP contribution is -2.40. The Hall–Kier alpha value is -2.27. The number of ketones is 1. The summed E-state index contributed by atoms with van der Waals surface area (Å²) in [5, 5.41) is 10.8. The minimum atomic E-state index is -3.96. The third-order valence-electron chi connectivity index (χ3n) is 4.48. The summed E-state index contributed by atoms with van der Waals surface area (Å²) in [4.78, 5) is 12.5. The molecule has 0 aliphatic carbocycles. The van der Waals surface area contributed by atoms with E-state index in [-0.39, 0.29) is 33.1 Å². The fourth-order valence-corrected chi connectivity index (χ4v) is 3.86. The number of methoxy groups -OCH3 is 1. The first-order chi connectivity index (χ1) is 13.9. The van der Waals surface area contributed by atoms with E-state index in [4.69, 9.17) is 33.7 Å². The summed E-state index contributed by atoms with van der Waals surface area (Å²) in [5.74, 6) is -0.673. The Morgan fingerprint density at radius 1 is 1.27 bits per heavy atom. The molecular weight excluding hydrogens is 453 g/mol. The van der Waals surface area contributed by atoms with Crippen LogP contribution in [0.3, 0.4) is 0 Å². The number of ether oxygens (including phenoxy) is 1. The van der Waals surface area contributed by atoms with Crippen LogP contribution < -0.4 is 20.5 Å². The van der Waals surface area contributed by atoms with Gasteiger partial charge in [-0.15, -0.1) is 0 Å². The summed E-state index contributed by atoms with van der Waals surface area (Å²) in [6.45, 7) is 3.26. The molecule has 0 aromatic heterocycles. The smallest absolute Gasteiger partial charge is 0.239 e. The molecule has 0 atom stereocenters. The molecule has 2 aromatic carbocycles. The van der Waals surface area contributed by atoms with Crippen molar-refractivity contribution in [3.63, 3.8) is 0 Å². The Morgan fingerprint density at radius 2 is 1.93 bits per heavy atom. The molecule has 0 spiro atoms. The van der Waals surface area contributed by atoms with Crippen LogP contribution in [0.1, 0.15) is 19.4 Å². The molecule has 0 amide bonds. The molecule has 0 fully saturated rings.